The van der Waals surface area contributed by atoms with Crippen molar-refractivity contribution < 1.29 is 4.42 Å². The average Bonchev–Trinajstić information content (AvgIpc) is 3.98. The molecule has 318 valence electrons. The molecule has 0 fully saturated rings. The topological polar surface area (TPSA) is 69.6 Å². The molecule has 0 saturated heterocycles. The summed E-state index contributed by atoms with van der Waals surface area (Å²) in [6.45, 7) is 0. The third-order valence-electron chi connectivity index (χ3n) is 12.9. The summed E-state index contributed by atoms with van der Waals surface area (Å²) in [7, 11) is 0. The highest BCUT2D eigenvalue weighted by Gasteiger charge is 2.24. The van der Waals surface area contributed by atoms with Gasteiger partial charge in [0.15, 0.2) is 17.5 Å². The van der Waals surface area contributed by atoms with Crippen LogP contribution in [-0.2, 0) is 0 Å². The quantitative estimate of drug-likeness (QED) is 0.152. The smallest absolute Gasteiger partial charge is 0.164 e. The summed E-state index contributed by atoms with van der Waals surface area (Å²) in [6, 6.07) is 79.9. The van der Waals surface area contributed by atoms with Crippen molar-refractivity contribution in [1.82, 2.24) is 24.5 Å². The van der Waals surface area contributed by atoms with Gasteiger partial charge >= 0.3 is 0 Å². The van der Waals surface area contributed by atoms with Crippen LogP contribution in [0.3, 0.4) is 0 Å². The number of para-hydroxylation sites is 2. The first-order valence-corrected chi connectivity index (χ1v) is 22.8. The van der Waals surface area contributed by atoms with Gasteiger partial charge in [-0.25, -0.2) is 15.0 Å². The zero-order valence-corrected chi connectivity index (χ0v) is 36.7. The lowest BCUT2D eigenvalue weighted by Gasteiger charge is -2.16. The molecule has 0 unspecified atom stereocenters. The van der Waals surface area contributed by atoms with Gasteiger partial charge in [0, 0.05) is 55.9 Å². The lowest BCUT2D eigenvalue weighted by atomic mass is 9.91. The predicted molar refractivity (Wildman–Crippen MR) is 277 cm³/mol. The molecule has 4 heterocycles. The van der Waals surface area contributed by atoms with Crippen LogP contribution in [0.5, 0.6) is 0 Å². The van der Waals surface area contributed by atoms with Gasteiger partial charge in [0.25, 0.3) is 0 Å². The van der Waals surface area contributed by atoms with Crippen LogP contribution < -0.4 is 0 Å². The number of aromatic nitrogens is 5. The van der Waals surface area contributed by atoms with E-state index in [4.69, 9.17) is 24.4 Å². The number of furan rings is 1. The standard InChI is InChI=1S/C62H39N5O/c1-6-19-40(20-7-1)44-33-34-46(41-21-8-2-9-22-41)50(37-44)53-38-51(62-65-60(42-23-10-3-11-24-42)64-61(66-62)43-25-12-4-13-26-43)52(39-63-53)47-30-18-32-56-57(47)49-35-36-55-58(59(49)68-56)48-29-16-17-31-54(48)67(55)45-27-14-5-15-28-45/h1-39H. The molecule has 0 bridgehead atoms. The Morgan fingerprint density at radius 3 is 1.63 bits per heavy atom. The van der Waals surface area contributed by atoms with E-state index in [2.05, 4.69) is 168 Å². The molecule has 0 aliphatic heterocycles. The van der Waals surface area contributed by atoms with Crippen molar-refractivity contribution >= 4 is 43.7 Å². The van der Waals surface area contributed by atoms with E-state index < -0.39 is 0 Å². The number of pyridine rings is 1. The minimum Gasteiger partial charge on any atom is -0.455 e. The highest BCUT2D eigenvalue weighted by Crippen LogP contribution is 2.46. The van der Waals surface area contributed by atoms with E-state index in [1.807, 2.05) is 72.9 Å². The maximum Gasteiger partial charge on any atom is 0.164 e. The Kier molecular flexibility index (Phi) is 9.39. The fourth-order valence-electron chi connectivity index (χ4n) is 9.78. The molecule has 0 aliphatic rings. The van der Waals surface area contributed by atoms with Crippen molar-refractivity contribution in [3.8, 4) is 84.5 Å². The molecular formula is C62H39N5O. The maximum atomic E-state index is 7.02. The minimum absolute atomic E-state index is 0.537. The van der Waals surface area contributed by atoms with Gasteiger partial charge in [0.05, 0.1) is 22.1 Å². The normalized spacial score (nSPS) is 11.5. The van der Waals surface area contributed by atoms with Crippen LogP contribution in [0.15, 0.2) is 241 Å². The van der Waals surface area contributed by atoms with E-state index in [9.17, 15) is 0 Å². The van der Waals surface area contributed by atoms with Gasteiger partial charge in [-0.05, 0) is 76.3 Å². The summed E-state index contributed by atoms with van der Waals surface area (Å²) in [5.74, 6) is 1.70. The van der Waals surface area contributed by atoms with Crippen LogP contribution in [-0.4, -0.2) is 24.5 Å². The number of hydrogen-bond donors (Lipinski definition) is 0. The fourth-order valence-corrected chi connectivity index (χ4v) is 9.78. The van der Waals surface area contributed by atoms with Gasteiger partial charge in [0.1, 0.15) is 11.2 Å². The molecule has 4 aromatic heterocycles. The van der Waals surface area contributed by atoms with Crippen LogP contribution in [0.2, 0.25) is 0 Å². The minimum atomic E-state index is 0.537. The summed E-state index contributed by atoms with van der Waals surface area (Å²) >= 11 is 0. The highest BCUT2D eigenvalue weighted by atomic mass is 16.3. The first kappa shape index (κ1) is 39.1. The summed E-state index contributed by atoms with van der Waals surface area (Å²) in [6.07, 6.45) is 2.00. The highest BCUT2D eigenvalue weighted by molar-refractivity contribution is 6.26. The molecule has 0 amide bonds. The summed E-state index contributed by atoms with van der Waals surface area (Å²) in [4.78, 5) is 21.1. The molecule has 13 aromatic rings. The van der Waals surface area contributed by atoms with Crippen molar-refractivity contribution in [2.45, 2.75) is 0 Å². The molecule has 0 spiro atoms. The second-order valence-electron chi connectivity index (χ2n) is 17.0. The molecule has 0 radical (unpaired) electrons. The molecule has 0 saturated carbocycles. The summed E-state index contributed by atoms with van der Waals surface area (Å²) in [5.41, 5.74) is 15.5. The number of hydrogen-bond acceptors (Lipinski definition) is 5. The van der Waals surface area contributed by atoms with Gasteiger partial charge in [0.2, 0.25) is 0 Å². The van der Waals surface area contributed by atoms with Crippen LogP contribution in [0.4, 0.5) is 0 Å². The van der Waals surface area contributed by atoms with Crippen molar-refractivity contribution in [3.05, 3.63) is 237 Å². The van der Waals surface area contributed by atoms with Gasteiger partial charge in [-0.1, -0.05) is 182 Å². The Morgan fingerprint density at radius 2 is 0.941 bits per heavy atom. The lowest BCUT2D eigenvalue weighted by molar-refractivity contribution is 0.673. The van der Waals surface area contributed by atoms with Crippen LogP contribution >= 0.6 is 0 Å². The zero-order valence-electron chi connectivity index (χ0n) is 36.7. The lowest BCUT2D eigenvalue weighted by Crippen LogP contribution is -2.02. The third kappa shape index (κ3) is 6.66. The van der Waals surface area contributed by atoms with E-state index in [-0.39, 0.29) is 0 Å². The predicted octanol–water partition coefficient (Wildman–Crippen LogP) is 15.9. The van der Waals surface area contributed by atoms with Crippen molar-refractivity contribution in [2.24, 2.45) is 0 Å². The van der Waals surface area contributed by atoms with Gasteiger partial charge in [-0.2, -0.15) is 0 Å². The molecule has 0 aliphatic carbocycles. The SMILES string of the molecule is c1ccc(-c2ccc(-c3ccccc3)c(-c3cc(-c4nc(-c5ccccc5)nc(-c5ccccc5)n4)c(-c4cccc5oc6c(ccc7c6c6ccccc6n7-c6ccccc6)c45)cn3)c2)cc1. The maximum absolute atomic E-state index is 7.02. The molecule has 13 rings (SSSR count). The average molecular weight is 870 g/mol. The number of benzene rings is 9. The Balaban J connectivity index is 1.10. The number of nitrogens with zero attached hydrogens (tertiary/aromatic N) is 5. The van der Waals surface area contributed by atoms with E-state index in [1.165, 1.54) is 0 Å². The van der Waals surface area contributed by atoms with Gasteiger partial charge < -0.3 is 8.98 Å². The van der Waals surface area contributed by atoms with Gasteiger partial charge in [-0.3, -0.25) is 4.98 Å². The second kappa shape index (κ2) is 16.3. The first-order chi connectivity index (χ1) is 33.7. The van der Waals surface area contributed by atoms with Crippen molar-refractivity contribution in [1.29, 1.82) is 0 Å². The zero-order chi connectivity index (χ0) is 45.0. The Labute approximate surface area is 392 Å². The fraction of sp³-hybridized carbons (Fsp3) is 0. The van der Waals surface area contributed by atoms with Crippen molar-refractivity contribution in [3.63, 3.8) is 0 Å². The van der Waals surface area contributed by atoms with E-state index in [0.717, 1.165) is 111 Å². The summed E-state index contributed by atoms with van der Waals surface area (Å²) in [5, 5.41) is 4.21. The first-order valence-electron chi connectivity index (χ1n) is 22.8. The van der Waals surface area contributed by atoms with E-state index in [1.54, 1.807) is 0 Å². The summed E-state index contributed by atoms with van der Waals surface area (Å²) < 4.78 is 9.35. The second-order valence-corrected chi connectivity index (χ2v) is 17.0. The van der Waals surface area contributed by atoms with Crippen molar-refractivity contribution in [2.75, 3.05) is 0 Å². The molecular weight excluding hydrogens is 831 g/mol. The third-order valence-corrected chi connectivity index (χ3v) is 12.9. The van der Waals surface area contributed by atoms with E-state index in [0.29, 0.717) is 17.5 Å². The van der Waals surface area contributed by atoms with Crippen LogP contribution in [0.25, 0.3) is 128 Å². The number of fused-ring (bicyclic) bond motifs is 7. The molecule has 0 N–H and O–H groups in total. The molecule has 6 heteroatoms. The van der Waals surface area contributed by atoms with Gasteiger partial charge in [-0.15, -0.1) is 0 Å². The number of rotatable bonds is 8. The Hall–Kier alpha value is -9.26. The molecule has 68 heavy (non-hydrogen) atoms. The molecule has 6 nitrogen and oxygen atoms in total. The molecule has 0 atom stereocenters. The monoisotopic (exact) mass is 869 g/mol. The molecule has 9 aromatic carbocycles. The van der Waals surface area contributed by atoms with Crippen LogP contribution in [0.1, 0.15) is 0 Å². The van der Waals surface area contributed by atoms with Crippen LogP contribution in [0, 0.1) is 0 Å². The Morgan fingerprint density at radius 1 is 0.338 bits per heavy atom. The van der Waals surface area contributed by atoms with E-state index >= 15 is 0 Å². The largest absolute Gasteiger partial charge is 0.455 e. The Bertz CT molecular complexity index is 3940.